The number of aliphatic carboxylic acids is 1. The second-order valence-electron chi connectivity index (χ2n) is 6.53. The van der Waals surface area contributed by atoms with Gasteiger partial charge in [0.2, 0.25) is 0 Å². The third kappa shape index (κ3) is 3.04. The molecule has 0 amide bonds. The van der Waals surface area contributed by atoms with E-state index in [4.69, 9.17) is 0 Å². The molecule has 0 saturated carbocycles. The molecule has 0 aliphatic carbocycles. The summed E-state index contributed by atoms with van der Waals surface area (Å²) in [6.07, 6.45) is 1.25. The van der Waals surface area contributed by atoms with Crippen LogP contribution >= 0.6 is 0 Å². The van der Waals surface area contributed by atoms with Crippen LogP contribution in [0.15, 0.2) is 24.3 Å². The average Bonchev–Trinajstić information content (AvgIpc) is 2.70. The first-order chi connectivity index (χ1) is 9.81. The molecular weight excluding hydrogens is 270 g/mol. The maximum absolute atomic E-state index is 11.7. The molecule has 0 radical (unpaired) electrons. The van der Waals surface area contributed by atoms with Crippen LogP contribution in [0.1, 0.15) is 25.8 Å². The summed E-state index contributed by atoms with van der Waals surface area (Å²) >= 11 is 0. The lowest BCUT2D eigenvalue weighted by Crippen LogP contribution is -2.46. The van der Waals surface area contributed by atoms with Crippen LogP contribution in [0, 0.1) is 11.3 Å². The Morgan fingerprint density at radius 2 is 1.95 bits per heavy atom. The molecule has 1 heterocycles. The second-order valence-corrected chi connectivity index (χ2v) is 6.53. The van der Waals surface area contributed by atoms with Crippen molar-refractivity contribution in [1.29, 1.82) is 0 Å². The molecule has 4 N–H and O–H groups in total. The van der Waals surface area contributed by atoms with Crippen molar-refractivity contribution < 1.29 is 20.1 Å². The van der Waals surface area contributed by atoms with Gasteiger partial charge in [0.15, 0.2) is 0 Å². The molecule has 1 aliphatic rings. The van der Waals surface area contributed by atoms with Gasteiger partial charge in [-0.05, 0) is 44.4 Å². The standard InChI is InChI=1S/C16H23NO4/c1-15(2)13(14(20)21)16(10-18,9-17-15)8-7-11-3-5-12(19)6-4-11/h3-6,13,17-19H,7-10H2,1-2H3,(H,20,21). The fourth-order valence-electron chi connectivity index (χ4n) is 3.46. The minimum absolute atomic E-state index is 0.154. The van der Waals surface area contributed by atoms with Gasteiger partial charge in [0, 0.05) is 17.5 Å². The summed E-state index contributed by atoms with van der Waals surface area (Å²) in [5.74, 6) is -1.29. The van der Waals surface area contributed by atoms with E-state index < -0.39 is 22.8 Å². The molecule has 116 valence electrons. The number of benzene rings is 1. The molecule has 21 heavy (non-hydrogen) atoms. The zero-order valence-electron chi connectivity index (χ0n) is 12.5. The molecule has 0 spiro atoms. The molecule has 2 rings (SSSR count). The quantitative estimate of drug-likeness (QED) is 0.658. The highest BCUT2D eigenvalue weighted by Crippen LogP contribution is 2.44. The molecule has 1 fully saturated rings. The lowest BCUT2D eigenvalue weighted by molar-refractivity contribution is -0.148. The molecule has 1 saturated heterocycles. The van der Waals surface area contributed by atoms with Crippen LogP contribution in [0.2, 0.25) is 0 Å². The van der Waals surface area contributed by atoms with Crippen molar-refractivity contribution in [2.45, 2.75) is 32.2 Å². The zero-order chi connectivity index (χ0) is 15.7. The predicted molar refractivity (Wildman–Crippen MR) is 79.2 cm³/mol. The van der Waals surface area contributed by atoms with Gasteiger partial charge in [0.25, 0.3) is 0 Å². The van der Waals surface area contributed by atoms with Crippen molar-refractivity contribution in [3.8, 4) is 5.75 Å². The number of rotatable bonds is 5. The number of hydrogen-bond acceptors (Lipinski definition) is 4. The minimum Gasteiger partial charge on any atom is -0.508 e. The van der Waals surface area contributed by atoms with Gasteiger partial charge in [0.05, 0.1) is 12.5 Å². The van der Waals surface area contributed by atoms with Crippen LogP contribution in [-0.2, 0) is 11.2 Å². The Morgan fingerprint density at radius 3 is 2.48 bits per heavy atom. The summed E-state index contributed by atoms with van der Waals surface area (Å²) in [5.41, 5.74) is -0.175. The number of aryl methyl sites for hydroxylation is 1. The van der Waals surface area contributed by atoms with Crippen LogP contribution < -0.4 is 5.32 Å². The normalized spacial score (nSPS) is 27.7. The highest BCUT2D eigenvalue weighted by atomic mass is 16.4. The third-order valence-corrected chi connectivity index (χ3v) is 4.64. The number of phenolic OH excluding ortho intramolecular Hbond substituents is 1. The minimum atomic E-state index is -0.871. The molecule has 1 aromatic carbocycles. The van der Waals surface area contributed by atoms with Gasteiger partial charge in [-0.25, -0.2) is 0 Å². The van der Waals surface area contributed by atoms with Gasteiger partial charge in [-0.1, -0.05) is 12.1 Å². The van der Waals surface area contributed by atoms with Gasteiger partial charge in [-0.3, -0.25) is 4.79 Å². The Balaban J connectivity index is 2.17. The molecule has 1 aliphatic heterocycles. The fourth-order valence-corrected chi connectivity index (χ4v) is 3.46. The van der Waals surface area contributed by atoms with Crippen molar-refractivity contribution in [2.24, 2.45) is 11.3 Å². The lowest BCUT2D eigenvalue weighted by atomic mass is 9.68. The van der Waals surface area contributed by atoms with Crippen LogP contribution in [0.3, 0.4) is 0 Å². The molecule has 0 aromatic heterocycles. The maximum atomic E-state index is 11.7. The summed E-state index contributed by atoms with van der Waals surface area (Å²) in [5, 5.41) is 31.9. The van der Waals surface area contributed by atoms with Gasteiger partial charge in [-0.15, -0.1) is 0 Å². The van der Waals surface area contributed by atoms with Crippen molar-refractivity contribution >= 4 is 5.97 Å². The van der Waals surface area contributed by atoms with Crippen LogP contribution in [0.4, 0.5) is 0 Å². The van der Waals surface area contributed by atoms with Crippen molar-refractivity contribution in [1.82, 2.24) is 5.32 Å². The van der Waals surface area contributed by atoms with Crippen LogP contribution in [0.25, 0.3) is 0 Å². The number of carboxylic acids is 1. The number of carbonyl (C=O) groups is 1. The Labute approximate surface area is 124 Å². The largest absolute Gasteiger partial charge is 0.508 e. The Kier molecular flexibility index (Phi) is 4.25. The SMILES string of the molecule is CC1(C)NCC(CO)(CCc2ccc(O)cc2)C1C(=O)O. The number of aliphatic hydroxyl groups excluding tert-OH is 1. The van der Waals surface area contributed by atoms with Gasteiger partial charge < -0.3 is 20.6 Å². The molecule has 2 unspecified atom stereocenters. The van der Waals surface area contributed by atoms with Gasteiger partial charge in [-0.2, -0.15) is 0 Å². The fraction of sp³-hybridized carbons (Fsp3) is 0.562. The van der Waals surface area contributed by atoms with E-state index in [1.165, 1.54) is 0 Å². The van der Waals surface area contributed by atoms with E-state index in [1.807, 2.05) is 26.0 Å². The number of phenols is 1. The summed E-state index contributed by atoms with van der Waals surface area (Å²) in [6.45, 7) is 4.07. The van der Waals surface area contributed by atoms with Crippen LogP contribution in [0.5, 0.6) is 5.75 Å². The van der Waals surface area contributed by atoms with Crippen LogP contribution in [-0.4, -0.2) is 40.0 Å². The van der Waals surface area contributed by atoms with Crippen molar-refractivity contribution in [3.63, 3.8) is 0 Å². The Morgan fingerprint density at radius 1 is 1.33 bits per heavy atom. The smallest absolute Gasteiger partial charge is 0.309 e. The summed E-state index contributed by atoms with van der Waals surface area (Å²) in [4.78, 5) is 11.7. The van der Waals surface area contributed by atoms with E-state index in [9.17, 15) is 20.1 Å². The van der Waals surface area contributed by atoms with Crippen molar-refractivity contribution in [2.75, 3.05) is 13.2 Å². The molecule has 0 bridgehead atoms. The third-order valence-electron chi connectivity index (χ3n) is 4.64. The lowest BCUT2D eigenvalue weighted by Gasteiger charge is -2.35. The monoisotopic (exact) mass is 293 g/mol. The molecular formula is C16H23NO4. The first kappa shape index (κ1) is 15.8. The highest BCUT2D eigenvalue weighted by Gasteiger charge is 2.55. The summed E-state index contributed by atoms with van der Waals surface area (Å²) in [6, 6.07) is 6.88. The average molecular weight is 293 g/mol. The maximum Gasteiger partial charge on any atom is 0.309 e. The zero-order valence-corrected chi connectivity index (χ0v) is 12.5. The molecule has 2 atom stereocenters. The number of nitrogens with one attached hydrogen (secondary N) is 1. The van der Waals surface area contributed by atoms with Crippen molar-refractivity contribution in [3.05, 3.63) is 29.8 Å². The first-order valence-corrected chi connectivity index (χ1v) is 7.17. The molecule has 5 heteroatoms. The number of aromatic hydroxyl groups is 1. The Bertz CT molecular complexity index is 512. The number of hydrogen-bond donors (Lipinski definition) is 4. The molecule has 5 nitrogen and oxygen atoms in total. The van der Waals surface area contributed by atoms with E-state index in [-0.39, 0.29) is 12.4 Å². The first-order valence-electron chi connectivity index (χ1n) is 7.17. The topological polar surface area (TPSA) is 89.8 Å². The van der Waals surface area contributed by atoms with E-state index in [0.29, 0.717) is 19.4 Å². The molecule has 1 aromatic rings. The Hall–Kier alpha value is -1.59. The van der Waals surface area contributed by atoms with E-state index in [1.54, 1.807) is 12.1 Å². The second kappa shape index (κ2) is 5.66. The van der Waals surface area contributed by atoms with E-state index in [2.05, 4.69) is 5.32 Å². The number of aliphatic hydroxyl groups is 1. The van der Waals surface area contributed by atoms with Gasteiger partial charge >= 0.3 is 5.97 Å². The van der Waals surface area contributed by atoms with E-state index in [0.717, 1.165) is 5.56 Å². The van der Waals surface area contributed by atoms with E-state index >= 15 is 0 Å². The highest BCUT2D eigenvalue weighted by molar-refractivity contribution is 5.73. The van der Waals surface area contributed by atoms with Gasteiger partial charge in [0.1, 0.15) is 5.75 Å². The summed E-state index contributed by atoms with van der Waals surface area (Å²) in [7, 11) is 0. The predicted octanol–water partition coefficient (Wildman–Crippen LogP) is 1.39. The number of carboxylic acid groups (broad SMARTS) is 1. The summed E-state index contributed by atoms with van der Waals surface area (Å²) < 4.78 is 0.